The van der Waals surface area contributed by atoms with Crippen LogP contribution in [0.15, 0.2) is 40.1 Å². The van der Waals surface area contributed by atoms with Gasteiger partial charge in [0.2, 0.25) is 5.91 Å². The van der Waals surface area contributed by atoms with E-state index in [-0.39, 0.29) is 11.7 Å². The first-order valence-corrected chi connectivity index (χ1v) is 9.95. The van der Waals surface area contributed by atoms with Crippen LogP contribution in [-0.4, -0.2) is 40.1 Å². The highest BCUT2D eigenvalue weighted by Gasteiger charge is 2.18. The molecule has 0 spiro atoms. The van der Waals surface area contributed by atoms with E-state index in [1.807, 2.05) is 49.6 Å². The summed E-state index contributed by atoms with van der Waals surface area (Å²) in [5, 5.41) is 12.2. The smallest absolute Gasteiger partial charge is 0.234 e. The van der Waals surface area contributed by atoms with E-state index in [9.17, 15) is 4.79 Å². The molecule has 1 amide bonds. The minimum Gasteiger partial charge on any atom is -0.469 e. The lowest BCUT2D eigenvalue weighted by atomic mass is 10.1. The number of benzene rings is 1. The van der Waals surface area contributed by atoms with Crippen molar-refractivity contribution in [2.75, 3.05) is 24.8 Å². The Balaban J connectivity index is 1.73. The molecule has 0 bridgehead atoms. The van der Waals surface area contributed by atoms with Gasteiger partial charge in [-0.15, -0.1) is 10.2 Å². The molecule has 0 fully saturated rings. The molecule has 0 aliphatic rings. The third-order valence-corrected chi connectivity index (χ3v) is 5.51. The maximum atomic E-state index is 12.4. The van der Waals surface area contributed by atoms with Gasteiger partial charge in [-0.1, -0.05) is 23.9 Å². The first-order chi connectivity index (χ1) is 13.5. The van der Waals surface area contributed by atoms with E-state index in [0.717, 1.165) is 28.1 Å². The number of hydrogen-bond donors (Lipinski definition) is 1. The molecule has 0 unspecified atom stereocenters. The number of amides is 1. The number of nitrogens with one attached hydrogen (secondary N) is 1. The van der Waals surface area contributed by atoms with Gasteiger partial charge in [-0.05, 0) is 44.0 Å². The minimum atomic E-state index is -0.0824. The van der Waals surface area contributed by atoms with Gasteiger partial charge in [0.25, 0.3) is 0 Å². The van der Waals surface area contributed by atoms with Crippen LogP contribution in [0.5, 0.6) is 0 Å². The Labute approximate surface area is 168 Å². The van der Waals surface area contributed by atoms with Crippen LogP contribution in [0.3, 0.4) is 0 Å². The van der Waals surface area contributed by atoms with Crippen molar-refractivity contribution in [1.29, 1.82) is 0 Å². The zero-order valence-electron chi connectivity index (χ0n) is 16.5. The van der Waals surface area contributed by atoms with E-state index < -0.39 is 0 Å². The molecular weight excluding hydrogens is 376 g/mol. The van der Waals surface area contributed by atoms with Gasteiger partial charge >= 0.3 is 0 Å². The Morgan fingerprint density at radius 2 is 2.07 bits per heavy atom. The van der Waals surface area contributed by atoms with Crippen molar-refractivity contribution in [1.82, 2.24) is 14.8 Å². The molecule has 8 heteroatoms. The molecule has 28 heavy (non-hydrogen) atoms. The average Bonchev–Trinajstić information content (AvgIpc) is 3.27. The summed E-state index contributed by atoms with van der Waals surface area (Å²) in [7, 11) is 1.65. The molecule has 0 aliphatic carbocycles. The van der Waals surface area contributed by atoms with Crippen LogP contribution in [0.25, 0.3) is 11.4 Å². The Hall–Kier alpha value is -2.58. The van der Waals surface area contributed by atoms with E-state index in [2.05, 4.69) is 15.5 Å². The quantitative estimate of drug-likeness (QED) is 0.579. The van der Waals surface area contributed by atoms with E-state index in [1.165, 1.54) is 11.8 Å². The molecule has 0 saturated heterocycles. The highest BCUT2D eigenvalue weighted by molar-refractivity contribution is 7.99. The topological polar surface area (TPSA) is 82.2 Å². The van der Waals surface area contributed by atoms with Crippen LogP contribution in [0.4, 0.5) is 5.69 Å². The molecule has 7 nitrogen and oxygen atoms in total. The second kappa shape index (κ2) is 9.07. The summed E-state index contributed by atoms with van der Waals surface area (Å²) in [5.41, 5.74) is 3.93. The minimum absolute atomic E-state index is 0.0824. The van der Waals surface area contributed by atoms with Crippen LogP contribution in [0.2, 0.25) is 0 Å². The van der Waals surface area contributed by atoms with Crippen molar-refractivity contribution in [2.24, 2.45) is 0 Å². The maximum Gasteiger partial charge on any atom is 0.234 e. The van der Waals surface area contributed by atoms with Crippen LogP contribution in [0, 0.1) is 20.8 Å². The average molecular weight is 401 g/mol. The van der Waals surface area contributed by atoms with Gasteiger partial charge in [0.05, 0.1) is 30.7 Å². The van der Waals surface area contributed by atoms with Crippen molar-refractivity contribution in [3.8, 4) is 11.4 Å². The lowest BCUT2D eigenvalue weighted by molar-refractivity contribution is -0.113. The molecule has 2 aromatic heterocycles. The normalized spacial score (nSPS) is 11.0. The van der Waals surface area contributed by atoms with Gasteiger partial charge < -0.3 is 14.5 Å². The Morgan fingerprint density at radius 3 is 2.79 bits per heavy atom. The second-order valence-corrected chi connectivity index (χ2v) is 7.37. The molecule has 148 valence electrons. The summed E-state index contributed by atoms with van der Waals surface area (Å²) >= 11 is 1.35. The summed E-state index contributed by atoms with van der Waals surface area (Å²) in [6, 6.07) is 7.74. The number of furan rings is 1. The maximum absolute atomic E-state index is 12.4. The van der Waals surface area contributed by atoms with Gasteiger partial charge in [0.15, 0.2) is 11.0 Å². The Kier molecular flexibility index (Phi) is 6.53. The predicted molar refractivity (Wildman–Crippen MR) is 110 cm³/mol. The fraction of sp³-hybridized carbons (Fsp3) is 0.350. The van der Waals surface area contributed by atoms with Gasteiger partial charge in [0, 0.05) is 12.8 Å². The van der Waals surface area contributed by atoms with E-state index in [4.69, 9.17) is 9.15 Å². The number of nitrogens with zero attached hydrogens (tertiary/aromatic N) is 3. The third kappa shape index (κ3) is 4.45. The lowest BCUT2D eigenvalue weighted by Gasteiger charge is -2.11. The number of anilines is 1. The number of rotatable bonds is 8. The molecule has 0 radical (unpaired) electrons. The predicted octanol–water partition coefficient (Wildman–Crippen LogP) is 3.84. The summed E-state index contributed by atoms with van der Waals surface area (Å²) in [6.07, 6.45) is 1.63. The Morgan fingerprint density at radius 1 is 1.25 bits per heavy atom. The first-order valence-electron chi connectivity index (χ1n) is 8.96. The molecule has 3 aromatic rings. The van der Waals surface area contributed by atoms with E-state index >= 15 is 0 Å². The number of hydrogen-bond acceptors (Lipinski definition) is 6. The molecule has 0 aliphatic heterocycles. The number of carbonyl (C=O) groups is 1. The summed E-state index contributed by atoms with van der Waals surface area (Å²) in [5.74, 6) is 1.64. The highest BCUT2D eigenvalue weighted by Crippen LogP contribution is 2.27. The summed E-state index contributed by atoms with van der Waals surface area (Å²) in [6.45, 7) is 7.01. The molecule has 2 heterocycles. The fourth-order valence-corrected chi connectivity index (χ4v) is 3.56. The molecule has 1 aromatic carbocycles. The summed E-state index contributed by atoms with van der Waals surface area (Å²) in [4.78, 5) is 12.4. The molecular formula is C20H24N4O3S. The third-order valence-electron chi connectivity index (χ3n) is 4.55. The molecule has 1 N–H and O–H groups in total. The van der Waals surface area contributed by atoms with Gasteiger partial charge in [-0.3, -0.25) is 9.36 Å². The van der Waals surface area contributed by atoms with Crippen molar-refractivity contribution in [3.05, 3.63) is 47.4 Å². The number of methoxy groups -OCH3 is 1. The number of aromatic nitrogens is 3. The second-order valence-electron chi connectivity index (χ2n) is 6.43. The van der Waals surface area contributed by atoms with E-state index in [0.29, 0.717) is 24.1 Å². The zero-order chi connectivity index (χ0) is 20.1. The SMILES string of the molecule is COCCn1c(SCC(=O)Nc2cccc(C)c2C)nnc1-c1ccoc1C. The van der Waals surface area contributed by atoms with Crippen molar-refractivity contribution in [3.63, 3.8) is 0 Å². The van der Waals surface area contributed by atoms with Crippen molar-refractivity contribution >= 4 is 23.4 Å². The number of thioether (sulfide) groups is 1. The Bertz CT molecular complexity index is 964. The number of aryl methyl sites for hydroxylation is 2. The lowest BCUT2D eigenvalue weighted by Crippen LogP contribution is -2.16. The van der Waals surface area contributed by atoms with Gasteiger partial charge in [0.1, 0.15) is 5.76 Å². The molecule has 3 rings (SSSR count). The number of ether oxygens (including phenoxy) is 1. The fourth-order valence-electron chi connectivity index (χ4n) is 2.80. The summed E-state index contributed by atoms with van der Waals surface area (Å²) < 4.78 is 12.6. The largest absolute Gasteiger partial charge is 0.469 e. The monoisotopic (exact) mass is 400 g/mol. The van der Waals surface area contributed by atoms with Crippen LogP contribution >= 0.6 is 11.8 Å². The van der Waals surface area contributed by atoms with Crippen LogP contribution < -0.4 is 5.32 Å². The van der Waals surface area contributed by atoms with Crippen LogP contribution in [-0.2, 0) is 16.1 Å². The van der Waals surface area contributed by atoms with Crippen LogP contribution in [0.1, 0.15) is 16.9 Å². The zero-order valence-corrected chi connectivity index (χ0v) is 17.3. The van der Waals surface area contributed by atoms with Crippen molar-refractivity contribution < 1.29 is 13.9 Å². The molecule has 0 atom stereocenters. The van der Waals surface area contributed by atoms with Gasteiger partial charge in [-0.2, -0.15) is 0 Å². The van der Waals surface area contributed by atoms with Gasteiger partial charge in [-0.25, -0.2) is 0 Å². The standard InChI is InChI=1S/C20H24N4O3S/c1-13-6-5-7-17(14(13)2)21-18(25)12-28-20-23-22-19(24(20)9-11-26-4)16-8-10-27-15(16)3/h5-8,10H,9,11-12H2,1-4H3,(H,21,25). The van der Waals surface area contributed by atoms with E-state index in [1.54, 1.807) is 13.4 Å². The number of carbonyl (C=O) groups excluding carboxylic acids is 1. The highest BCUT2D eigenvalue weighted by atomic mass is 32.2. The van der Waals surface area contributed by atoms with Crippen molar-refractivity contribution in [2.45, 2.75) is 32.5 Å². The first kappa shape index (κ1) is 20.2. The molecule has 0 saturated carbocycles.